The molecule has 0 saturated heterocycles. The largest absolute Gasteiger partial charge is 0.416 e. The highest BCUT2D eigenvalue weighted by Crippen LogP contribution is 2.36. The molecular weight excluding hydrogens is 442 g/mol. The van der Waals surface area contributed by atoms with Gasteiger partial charge in [0, 0.05) is 31.0 Å². The molecule has 0 bridgehead atoms. The zero-order valence-corrected chi connectivity index (χ0v) is 17.1. The van der Waals surface area contributed by atoms with E-state index >= 15 is 0 Å². The summed E-state index contributed by atoms with van der Waals surface area (Å²) in [6.45, 7) is 2.05. The number of nitrogens with zero attached hydrogens (tertiary/aromatic N) is 1. The van der Waals surface area contributed by atoms with Crippen molar-refractivity contribution >= 4 is 12.4 Å². The molecule has 0 fully saturated rings. The second-order valence-corrected chi connectivity index (χ2v) is 6.87. The number of nitrogens with one attached hydrogen (secondary N) is 1. The van der Waals surface area contributed by atoms with Crippen molar-refractivity contribution < 1.29 is 26.3 Å². The van der Waals surface area contributed by atoms with Crippen molar-refractivity contribution in [2.45, 2.75) is 32.4 Å². The minimum atomic E-state index is -4.86. The van der Waals surface area contributed by atoms with Crippen molar-refractivity contribution in [1.29, 1.82) is 0 Å². The SMILES string of the molecule is Cc1ccccc1-c1cnccc1CNCc1cc(C(F)(F)F)cc(C(F)(F)F)c1.Cl. The van der Waals surface area contributed by atoms with E-state index in [-0.39, 0.29) is 37.1 Å². The van der Waals surface area contributed by atoms with E-state index < -0.39 is 23.5 Å². The second-order valence-electron chi connectivity index (χ2n) is 6.87. The molecule has 0 atom stereocenters. The molecule has 0 aliphatic carbocycles. The maximum Gasteiger partial charge on any atom is 0.416 e. The number of rotatable bonds is 5. The summed E-state index contributed by atoms with van der Waals surface area (Å²) in [5, 5.41) is 2.94. The number of hydrogen-bond donors (Lipinski definition) is 1. The summed E-state index contributed by atoms with van der Waals surface area (Å²) in [5.74, 6) is 0. The van der Waals surface area contributed by atoms with Gasteiger partial charge < -0.3 is 5.32 Å². The zero-order valence-electron chi connectivity index (χ0n) is 16.3. The summed E-state index contributed by atoms with van der Waals surface area (Å²) >= 11 is 0. The van der Waals surface area contributed by atoms with Crippen LogP contribution in [0.4, 0.5) is 26.3 Å². The number of pyridine rings is 1. The van der Waals surface area contributed by atoms with E-state index in [1.165, 1.54) is 0 Å². The van der Waals surface area contributed by atoms with Gasteiger partial charge in [0.1, 0.15) is 0 Å². The predicted octanol–water partition coefficient (Wildman–Crippen LogP) is 6.81. The predicted molar refractivity (Wildman–Crippen MR) is 109 cm³/mol. The van der Waals surface area contributed by atoms with Crippen molar-refractivity contribution in [3.63, 3.8) is 0 Å². The Labute approximate surface area is 181 Å². The van der Waals surface area contributed by atoms with Crippen LogP contribution in [0.15, 0.2) is 60.9 Å². The number of aryl methyl sites for hydroxylation is 1. The molecule has 1 N–H and O–H groups in total. The molecule has 0 radical (unpaired) electrons. The van der Waals surface area contributed by atoms with Crippen LogP contribution in [0.3, 0.4) is 0 Å². The Morgan fingerprint density at radius 2 is 1.42 bits per heavy atom. The topological polar surface area (TPSA) is 24.9 Å². The number of hydrogen-bond acceptors (Lipinski definition) is 2. The molecule has 0 amide bonds. The van der Waals surface area contributed by atoms with Crippen molar-refractivity contribution in [2.75, 3.05) is 0 Å². The molecule has 2 nitrogen and oxygen atoms in total. The summed E-state index contributed by atoms with van der Waals surface area (Å²) in [7, 11) is 0. The molecule has 0 aliphatic rings. The Balaban J connectivity index is 0.00000341. The first kappa shape index (κ1) is 24.7. The van der Waals surface area contributed by atoms with Crippen molar-refractivity contribution in [3.05, 3.63) is 88.7 Å². The quantitative estimate of drug-likeness (QED) is 0.423. The van der Waals surface area contributed by atoms with Crippen LogP contribution in [0, 0.1) is 6.92 Å². The van der Waals surface area contributed by atoms with E-state index in [0.717, 1.165) is 34.4 Å². The Kier molecular flexibility index (Phi) is 7.72. The monoisotopic (exact) mass is 460 g/mol. The standard InChI is InChI=1S/C22H18F6N2.ClH/c1-14-4-2-3-5-19(14)20-13-29-7-6-16(20)12-30-11-15-8-17(21(23,24)25)10-18(9-15)22(26,27)28;/h2-10,13,30H,11-12H2,1H3;1H. The summed E-state index contributed by atoms with van der Waals surface area (Å²) in [4.78, 5) is 4.13. The van der Waals surface area contributed by atoms with E-state index in [1.807, 2.05) is 31.2 Å². The Morgan fingerprint density at radius 3 is 2.00 bits per heavy atom. The van der Waals surface area contributed by atoms with Crippen LogP contribution in [-0.4, -0.2) is 4.98 Å². The summed E-state index contributed by atoms with van der Waals surface area (Å²) < 4.78 is 78.0. The average molecular weight is 461 g/mol. The highest BCUT2D eigenvalue weighted by Gasteiger charge is 2.36. The number of halogens is 7. The molecule has 3 rings (SSSR count). The minimum absolute atomic E-state index is 0. The van der Waals surface area contributed by atoms with Crippen LogP contribution < -0.4 is 5.32 Å². The third kappa shape index (κ3) is 6.21. The van der Waals surface area contributed by atoms with E-state index in [2.05, 4.69) is 10.3 Å². The maximum atomic E-state index is 13.0. The van der Waals surface area contributed by atoms with Crippen LogP contribution in [0.25, 0.3) is 11.1 Å². The minimum Gasteiger partial charge on any atom is -0.309 e. The van der Waals surface area contributed by atoms with Gasteiger partial charge in [-0.2, -0.15) is 26.3 Å². The third-order valence-electron chi connectivity index (χ3n) is 4.64. The number of alkyl halides is 6. The van der Waals surface area contributed by atoms with Crippen LogP contribution in [0.5, 0.6) is 0 Å². The van der Waals surface area contributed by atoms with Crippen LogP contribution >= 0.6 is 12.4 Å². The van der Waals surface area contributed by atoms with Gasteiger partial charge in [-0.3, -0.25) is 4.98 Å². The van der Waals surface area contributed by atoms with Crippen LogP contribution in [0.1, 0.15) is 27.8 Å². The first-order valence-electron chi connectivity index (χ1n) is 9.03. The molecule has 166 valence electrons. The molecule has 3 aromatic rings. The second kappa shape index (κ2) is 9.70. The molecular formula is C22H19ClF6N2. The fourth-order valence-electron chi connectivity index (χ4n) is 3.16. The lowest BCUT2D eigenvalue weighted by Gasteiger charge is -2.15. The number of aromatic nitrogens is 1. The van der Waals surface area contributed by atoms with Crippen LogP contribution in [0.2, 0.25) is 0 Å². The smallest absolute Gasteiger partial charge is 0.309 e. The Bertz CT molecular complexity index is 999. The Hall–Kier alpha value is -2.58. The van der Waals surface area contributed by atoms with E-state index in [1.54, 1.807) is 18.5 Å². The normalized spacial score (nSPS) is 11.8. The molecule has 31 heavy (non-hydrogen) atoms. The van der Waals surface area contributed by atoms with Crippen LogP contribution in [-0.2, 0) is 25.4 Å². The van der Waals surface area contributed by atoms with Gasteiger partial charge in [0.2, 0.25) is 0 Å². The van der Waals surface area contributed by atoms with Crippen molar-refractivity contribution in [1.82, 2.24) is 10.3 Å². The summed E-state index contributed by atoms with van der Waals surface area (Å²) in [5.41, 5.74) is 0.937. The van der Waals surface area contributed by atoms with E-state index in [4.69, 9.17) is 0 Å². The molecule has 1 aromatic heterocycles. The first-order valence-corrected chi connectivity index (χ1v) is 9.03. The molecule has 1 heterocycles. The van der Waals surface area contributed by atoms with Crippen molar-refractivity contribution in [3.8, 4) is 11.1 Å². The maximum absolute atomic E-state index is 13.0. The molecule has 2 aromatic carbocycles. The lowest BCUT2D eigenvalue weighted by atomic mass is 9.98. The van der Waals surface area contributed by atoms with Gasteiger partial charge in [-0.1, -0.05) is 24.3 Å². The molecule has 0 aliphatic heterocycles. The molecule has 0 unspecified atom stereocenters. The molecule has 9 heteroatoms. The lowest BCUT2D eigenvalue weighted by Crippen LogP contribution is -2.16. The van der Waals surface area contributed by atoms with Gasteiger partial charge in [0.25, 0.3) is 0 Å². The average Bonchev–Trinajstić information content (AvgIpc) is 2.67. The van der Waals surface area contributed by atoms with Gasteiger partial charge in [-0.15, -0.1) is 12.4 Å². The lowest BCUT2D eigenvalue weighted by molar-refractivity contribution is -0.143. The van der Waals surface area contributed by atoms with Gasteiger partial charge in [0.15, 0.2) is 0 Å². The fourth-order valence-corrected chi connectivity index (χ4v) is 3.16. The summed E-state index contributed by atoms with van der Waals surface area (Å²) in [6.07, 6.45) is -6.45. The van der Waals surface area contributed by atoms with Gasteiger partial charge >= 0.3 is 12.4 Å². The Morgan fingerprint density at radius 1 is 0.806 bits per heavy atom. The zero-order chi connectivity index (χ0) is 21.9. The van der Waals surface area contributed by atoms with Crippen molar-refractivity contribution in [2.24, 2.45) is 0 Å². The molecule has 0 spiro atoms. The highest BCUT2D eigenvalue weighted by atomic mass is 35.5. The van der Waals surface area contributed by atoms with Gasteiger partial charge in [-0.25, -0.2) is 0 Å². The van der Waals surface area contributed by atoms with Gasteiger partial charge in [0.05, 0.1) is 11.1 Å². The van der Waals surface area contributed by atoms with E-state index in [0.29, 0.717) is 0 Å². The fraction of sp³-hybridized carbons (Fsp3) is 0.227. The first-order chi connectivity index (χ1) is 14.1. The molecule has 0 saturated carbocycles. The number of benzene rings is 2. The van der Waals surface area contributed by atoms with Gasteiger partial charge in [-0.05, 0) is 53.4 Å². The highest BCUT2D eigenvalue weighted by molar-refractivity contribution is 5.85. The summed E-state index contributed by atoms with van der Waals surface area (Å²) in [6, 6.07) is 11.0. The third-order valence-corrected chi connectivity index (χ3v) is 4.64. The van der Waals surface area contributed by atoms with E-state index in [9.17, 15) is 26.3 Å².